The molecule has 3 aliphatic heterocycles. The van der Waals surface area contributed by atoms with Crippen LogP contribution < -0.4 is 0 Å². The summed E-state index contributed by atoms with van der Waals surface area (Å²) < 4.78 is 28.0. The number of hydrogen-bond donors (Lipinski definition) is 0. The van der Waals surface area contributed by atoms with E-state index in [1.807, 2.05) is 36.4 Å². The first kappa shape index (κ1) is 22.9. The Kier molecular flexibility index (Phi) is 4.40. The predicted octanol–water partition coefficient (Wildman–Crippen LogP) is 7.36. The van der Waals surface area contributed by atoms with E-state index in [0.29, 0.717) is 15.7 Å². The van der Waals surface area contributed by atoms with E-state index in [2.05, 4.69) is 55.5 Å². The number of para-hydroxylation sites is 2. The van der Waals surface area contributed by atoms with Crippen LogP contribution in [0.5, 0.6) is 0 Å². The lowest BCUT2D eigenvalue weighted by molar-refractivity contribution is 0.353. The zero-order chi connectivity index (χ0) is 26.8. The second-order valence-electron chi connectivity index (χ2n) is 12.1. The minimum Gasteiger partial charge on any atom is -0.252 e. The molecule has 4 unspecified atom stereocenters. The summed E-state index contributed by atoms with van der Waals surface area (Å²) in [6, 6.07) is 28.6. The van der Waals surface area contributed by atoms with Crippen LogP contribution in [0, 0.1) is 17.3 Å². The molecule has 0 N–H and O–H groups in total. The van der Waals surface area contributed by atoms with E-state index in [-0.39, 0.29) is 17.3 Å². The van der Waals surface area contributed by atoms with Gasteiger partial charge in [0.25, 0.3) is 0 Å². The zero-order valence-corrected chi connectivity index (χ0v) is 23.1. The van der Waals surface area contributed by atoms with E-state index in [0.717, 1.165) is 70.7 Å². The van der Waals surface area contributed by atoms with Crippen molar-refractivity contribution in [3.8, 4) is 0 Å². The fraction of sp³-hybridized carbons (Fsp3) is 0.257. The molecule has 5 aliphatic rings. The Labute approximate surface area is 234 Å². The van der Waals surface area contributed by atoms with Gasteiger partial charge < -0.3 is 0 Å². The summed E-state index contributed by atoms with van der Waals surface area (Å²) in [7, 11) is -3.60. The summed E-state index contributed by atoms with van der Waals surface area (Å²) in [5.41, 5.74) is 10.7. The lowest BCUT2D eigenvalue weighted by Gasteiger charge is -2.39. The Hall–Kier alpha value is -3.83. The van der Waals surface area contributed by atoms with Crippen LogP contribution in [-0.2, 0) is 22.7 Å². The van der Waals surface area contributed by atoms with Crippen molar-refractivity contribution in [2.75, 3.05) is 0 Å². The maximum absolute atomic E-state index is 14.0. The van der Waals surface area contributed by atoms with Crippen LogP contribution in [0.2, 0.25) is 0 Å². The number of hydrogen-bond acceptors (Lipinski definition) is 4. The monoisotopic (exact) mass is 540 g/mol. The molecule has 0 amide bonds. The second kappa shape index (κ2) is 7.67. The molecular formula is C35H28N2O2S. The Bertz CT molecular complexity index is 1970. The standard InChI is InChI=1S/C35H28N2O2S/c1-2-35-19-23(35)16-21-9-7-13-30-31(21)32(35)25-18-22(14-15-29(25)40(30,38)39)33-26-17-20-8-3-5-11-27(20)36-34(26)24-10-4-6-12-28(24)37-33/h3-15,18,23,26,32H,2,16-17,19H2,1H3. The highest BCUT2D eigenvalue weighted by Crippen LogP contribution is 2.71. The van der Waals surface area contributed by atoms with Gasteiger partial charge in [0, 0.05) is 17.4 Å². The quantitative estimate of drug-likeness (QED) is 0.267. The normalized spacial score (nSPS) is 27.5. The fourth-order valence-corrected chi connectivity index (χ4v) is 10.1. The van der Waals surface area contributed by atoms with Gasteiger partial charge >= 0.3 is 0 Å². The van der Waals surface area contributed by atoms with Gasteiger partial charge in [-0.05, 0) is 95.2 Å². The van der Waals surface area contributed by atoms with Gasteiger partial charge in [0.15, 0.2) is 0 Å². The van der Waals surface area contributed by atoms with Gasteiger partial charge in [-0.2, -0.15) is 0 Å². The van der Waals surface area contributed by atoms with Crippen LogP contribution in [0.15, 0.2) is 105 Å². The van der Waals surface area contributed by atoms with E-state index in [4.69, 9.17) is 9.98 Å². The van der Waals surface area contributed by atoms with Crippen LogP contribution in [0.4, 0.5) is 11.4 Å². The maximum Gasteiger partial charge on any atom is 0.207 e. The van der Waals surface area contributed by atoms with Crippen LogP contribution in [0.25, 0.3) is 0 Å². The highest BCUT2D eigenvalue weighted by atomic mass is 32.2. The molecule has 0 bridgehead atoms. The molecule has 196 valence electrons. The highest BCUT2D eigenvalue weighted by molar-refractivity contribution is 7.91. The number of nitrogens with zero attached hydrogens (tertiary/aromatic N) is 2. The molecule has 0 aromatic heterocycles. The zero-order valence-electron chi connectivity index (χ0n) is 22.3. The SMILES string of the molecule is CCC12CC1Cc1cccc3c1C2c1cc(C2=Nc4ccccc4C4=Nc5ccccc5CC24)ccc1S3(=O)=O. The first-order chi connectivity index (χ1) is 19.5. The maximum atomic E-state index is 14.0. The fourth-order valence-electron chi connectivity index (χ4n) is 8.36. The molecule has 4 nitrogen and oxygen atoms in total. The van der Waals surface area contributed by atoms with Gasteiger partial charge in [0.05, 0.1) is 32.6 Å². The van der Waals surface area contributed by atoms with Gasteiger partial charge in [-0.25, -0.2) is 8.42 Å². The molecule has 3 heterocycles. The third-order valence-corrected chi connectivity index (χ3v) is 12.2. The smallest absolute Gasteiger partial charge is 0.207 e. The topological polar surface area (TPSA) is 58.9 Å². The summed E-state index contributed by atoms with van der Waals surface area (Å²) in [5, 5.41) is 0. The lowest BCUT2D eigenvalue weighted by atomic mass is 9.69. The van der Waals surface area contributed by atoms with E-state index < -0.39 is 9.84 Å². The molecule has 4 aromatic carbocycles. The number of benzene rings is 4. The third kappa shape index (κ3) is 2.83. The first-order valence-corrected chi connectivity index (χ1v) is 15.8. The van der Waals surface area contributed by atoms with Crippen molar-refractivity contribution in [1.82, 2.24) is 0 Å². The van der Waals surface area contributed by atoms with Crippen molar-refractivity contribution in [1.29, 1.82) is 0 Å². The molecule has 1 saturated carbocycles. The molecule has 0 radical (unpaired) electrons. The van der Waals surface area contributed by atoms with Crippen LogP contribution in [-0.4, -0.2) is 19.8 Å². The summed E-state index contributed by atoms with van der Waals surface area (Å²) in [5.74, 6) is 0.749. The number of rotatable bonds is 2. The Morgan fingerprint density at radius 2 is 1.57 bits per heavy atom. The largest absolute Gasteiger partial charge is 0.252 e. The summed E-state index contributed by atoms with van der Waals surface area (Å²) in [6.07, 6.45) is 4.04. The Morgan fingerprint density at radius 1 is 0.800 bits per heavy atom. The van der Waals surface area contributed by atoms with Gasteiger partial charge in [-0.3, -0.25) is 9.98 Å². The minimum atomic E-state index is -3.60. The number of fused-ring (bicyclic) bond motifs is 8. The van der Waals surface area contributed by atoms with E-state index in [1.165, 1.54) is 11.1 Å². The van der Waals surface area contributed by atoms with Gasteiger partial charge in [-0.15, -0.1) is 0 Å². The van der Waals surface area contributed by atoms with Crippen molar-refractivity contribution >= 4 is 32.6 Å². The summed E-state index contributed by atoms with van der Waals surface area (Å²) >= 11 is 0. The number of sulfone groups is 1. The predicted molar refractivity (Wildman–Crippen MR) is 157 cm³/mol. The van der Waals surface area contributed by atoms with Gasteiger partial charge in [0.1, 0.15) is 0 Å². The van der Waals surface area contributed by atoms with Crippen LogP contribution in [0.3, 0.4) is 0 Å². The molecule has 40 heavy (non-hydrogen) atoms. The molecule has 9 rings (SSSR count). The molecule has 4 aromatic rings. The average molecular weight is 541 g/mol. The molecule has 5 heteroatoms. The average Bonchev–Trinajstić information content (AvgIpc) is 3.71. The highest BCUT2D eigenvalue weighted by Gasteiger charge is 2.63. The molecule has 0 saturated heterocycles. The van der Waals surface area contributed by atoms with Crippen molar-refractivity contribution in [3.63, 3.8) is 0 Å². The number of aliphatic imine (C=N–C) groups is 2. The van der Waals surface area contributed by atoms with Crippen molar-refractivity contribution in [2.24, 2.45) is 27.2 Å². The molecule has 4 atom stereocenters. The second-order valence-corrected chi connectivity index (χ2v) is 14.0. The molecule has 2 aliphatic carbocycles. The van der Waals surface area contributed by atoms with E-state index in [9.17, 15) is 8.42 Å². The first-order valence-electron chi connectivity index (χ1n) is 14.4. The van der Waals surface area contributed by atoms with Gasteiger partial charge in [-0.1, -0.05) is 61.5 Å². The molecule has 0 spiro atoms. The third-order valence-electron chi connectivity index (χ3n) is 10.4. The molecular weight excluding hydrogens is 512 g/mol. The molecule has 1 fully saturated rings. The van der Waals surface area contributed by atoms with Crippen LogP contribution >= 0.6 is 0 Å². The van der Waals surface area contributed by atoms with Crippen LogP contribution in [0.1, 0.15) is 59.1 Å². The van der Waals surface area contributed by atoms with Crippen molar-refractivity contribution in [3.05, 3.63) is 118 Å². The lowest BCUT2D eigenvalue weighted by Crippen LogP contribution is -2.34. The van der Waals surface area contributed by atoms with E-state index >= 15 is 0 Å². The summed E-state index contributed by atoms with van der Waals surface area (Å²) in [4.78, 5) is 11.4. The Balaban J connectivity index is 1.27. The Morgan fingerprint density at radius 3 is 2.45 bits per heavy atom. The minimum absolute atomic E-state index is 0.0195. The van der Waals surface area contributed by atoms with Crippen molar-refractivity contribution < 1.29 is 8.42 Å². The van der Waals surface area contributed by atoms with Crippen molar-refractivity contribution in [2.45, 2.75) is 48.3 Å². The van der Waals surface area contributed by atoms with E-state index in [1.54, 1.807) is 0 Å². The van der Waals surface area contributed by atoms with Gasteiger partial charge in [0.2, 0.25) is 9.84 Å². The summed E-state index contributed by atoms with van der Waals surface area (Å²) in [6.45, 7) is 2.28.